The van der Waals surface area contributed by atoms with Crippen LogP contribution in [0.1, 0.15) is 36.8 Å². The number of para-hydroxylation sites is 1. The average molecular weight is 420 g/mol. The van der Waals surface area contributed by atoms with Crippen LogP contribution in [0.4, 0.5) is 0 Å². The van der Waals surface area contributed by atoms with Gasteiger partial charge >= 0.3 is 0 Å². The Labute approximate surface area is 176 Å². The molecule has 0 unspecified atom stereocenters. The molecule has 3 rings (SSSR count). The van der Waals surface area contributed by atoms with Gasteiger partial charge in [0.1, 0.15) is 5.75 Å². The van der Waals surface area contributed by atoms with Crippen LogP contribution in [-0.2, 0) is 0 Å². The molecular formula is C22H26ClNOS2. The van der Waals surface area contributed by atoms with Gasteiger partial charge in [-0.15, -0.1) is 35.9 Å². The number of thioether (sulfide) groups is 2. The van der Waals surface area contributed by atoms with Crippen molar-refractivity contribution >= 4 is 46.8 Å². The fourth-order valence-corrected chi connectivity index (χ4v) is 5.18. The largest absolute Gasteiger partial charge is 0.439 e. The van der Waals surface area contributed by atoms with Crippen LogP contribution in [0.25, 0.3) is 10.9 Å². The predicted octanol–water partition coefficient (Wildman–Crippen LogP) is 7.73. The van der Waals surface area contributed by atoms with Crippen LogP contribution in [0.3, 0.4) is 0 Å². The van der Waals surface area contributed by atoms with Gasteiger partial charge in [-0.05, 0) is 54.2 Å². The van der Waals surface area contributed by atoms with E-state index in [1.807, 2.05) is 53.9 Å². The highest BCUT2D eigenvalue weighted by Crippen LogP contribution is 2.41. The van der Waals surface area contributed by atoms with E-state index in [4.69, 9.17) is 4.74 Å². The van der Waals surface area contributed by atoms with E-state index < -0.39 is 0 Å². The fourth-order valence-electron chi connectivity index (χ4n) is 2.64. The van der Waals surface area contributed by atoms with Gasteiger partial charge < -0.3 is 4.74 Å². The molecule has 27 heavy (non-hydrogen) atoms. The topological polar surface area (TPSA) is 22.1 Å². The Morgan fingerprint density at radius 1 is 0.889 bits per heavy atom. The molecule has 3 aromatic rings. The first kappa shape index (κ1) is 21.9. The zero-order chi connectivity index (χ0) is 18.2. The molecule has 0 atom stereocenters. The molecule has 0 fully saturated rings. The third-order valence-corrected chi connectivity index (χ3v) is 7.13. The Morgan fingerprint density at radius 2 is 1.63 bits per heavy atom. The molecular weight excluding hydrogens is 394 g/mol. The van der Waals surface area contributed by atoms with Crippen molar-refractivity contribution in [2.24, 2.45) is 0 Å². The zero-order valence-electron chi connectivity index (χ0n) is 15.8. The molecule has 0 aliphatic rings. The Kier molecular flexibility index (Phi) is 9.32. The minimum atomic E-state index is 0. The van der Waals surface area contributed by atoms with Gasteiger partial charge in [-0.3, -0.25) is 0 Å². The molecule has 2 aromatic carbocycles. The Balaban J connectivity index is 0.00000261. The molecule has 0 aliphatic heterocycles. The van der Waals surface area contributed by atoms with Crippen molar-refractivity contribution in [1.29, 1.82) is 0 Å². The van der Waals surface area contributed by atoms with Gasteiger partial charge in [-0.25, -0.2) is 4.98 Å². The lowest BCUT2D eigenvalue weighted by Crippen LogP contribution is -1.94. The van der Waals surface area contributed by atoms with Crippen molar-refractivity contribution in [3.8, 4) is 11.6 Å². The third kappa shape index (κ3) is 6.34. The quantitative estimate of drug-likeness (QED) is 0.331. The number of nitrogens with zero attached hydrogens (tertiary/aromatic N) is 1. The number of hydrogen-bond acceptors (Lipinski definition) is 4. The summed E-state index contributed by atoms with van der Waals surface area (Å²) in [5.74, 6) is 3.85. The second-order valence-electron chi connectivity index (χ2n) is 6.09. The number of hydrogen-bond donors (Lipinski definition) is 0. The molecule has 0 amide bonds. The van der Waals surface area contributed by atoms with E-state index in [1.54, 1.807) is 0 Å². The molecule has 1 heterocycles. The predicted molar refractivity (Wildman–Crippen MR) is 124 cm³/mol. The third-order valence-electron chi connectivity index (χ3n) is 3.87. The van der Waals surface area contributed by atoms with Gasteiger partial charge in [-0.2, -0.15) is 0 Å². The highest BCUT2D eigenvalue weighted by molar-refractivity contribution is 8.16. The number of benzene rings is 2. The van der Waals surface area contributed by atoms with E-state index in [-0.39, 0.29) is 12.4 Å². The normalized spacial score (nSPS) is 10.8. The van der Waals surface area contributed by atoms with Gasteiger partial charge in [0, 0.05) is 11.5 Å². The van der Waals surface area contributed by atoms with E-state index in [0.29, 0.717) is 10.5 Å². The molecule has 1 aromatic heterocycles. The van der Waals surface area contributed by atoms with E-state index in [2.05, 4.69) is 49.2 Å². The molecule has 0 aliphatic carbocycles. The smallest absolute Gasteiger partial charge is 0.219 e. The summed E-state index contributed by atoms with van der Waals surface area (Å²) in [5, 5.41) is 1.13. The summed E-state index contributed by atoms with van der Waals surface area (Å²) >= 11 is 4.05. The lowest BCUT2D eigenvalue weighted by molar-refractivity contribution is 0.464. The summed E-state index contributed by atoms with van der Waals surface area (Å²) in [6.45, 7) is 4.47. The van der Waals surface area contributed by atoms with E-state index in [0.717, 1.165) is 16.7 Å². The lowest BCUT2D eigenvalue weighted by Gasteiger charge is -2.17. The van der Waals surface area contributed by atoms with Gasteiger partial charge in [0.05, 0.1) is 10.1 Å². The number of ether oxygens (including phenoxy) is 1. The first-order valence-electron chi connectivity index (χ1n) is 9.17. The fraction of sp³-hybridized carbons (Fsp3) is 0.318. The van der Waals surface area contributed by atoms with Crippen molar-refractivity contribution in [2.45, 2.75) is 31.3 Å². The Morgan fingerprint density at radius 3 is 2.37 bits per heavy atom. The molecule has 144 valence electrons. The maximum Gasteiger partial charge on any atom is 0.219 e. The van der Waals surface area contributed by atoms with Gasteiger partial charge in [0.25, 0.3) is 0 Å². The molecule has 0 saturated carbocycles. The summed E-state index contributed by atoms with van der Waals surface area (Å²) in [6.07, 6.45) is 2.40. The molecule has 0 N–H and O–H groups in total. The Hall–Kier alpha value is -1.36. The molecule has 2 nitrogen and oxygen atoms in total. The first-order valence-corrected chi connectivity index (χ1v) is 11.3. The van der Waals surface area contributed by atoms with Crippen LogP contribution < -0.4 is 4.74 Å². The van der Waals surface area contributed by atoms with Crippen molar-refractivity contribution in [3.05, 3.63) is 66.2 Å². The average Bonchev–Trinajstić information content (AvgIpc) is 2.68. The summed E-state index contributed by atoms with van der Waals surface area (Å²) in [6, 6.07) is 20.5. The van der Waals surface area contributed by atoms with E-state index in [9.17, 15) is 0 Å². The summed E-state index contributed by atoms with van der Waals surface area (Å²) < 4.78 is 6.52. The summed E-state index contributed by atoms with van der Waals surface area (Å²) in [5.41, 5.74) is 2.27. The van der Waals surface area contributed by atoms with Gasteiger partial charge in [-0.1, -0.05) is 44.2 Å². The number of rotatable bonds is 9. The number of fused-ring (bicyclic) bond motifs is 1. The minimum Gasteiger partial charge on any atom is -0.439 e. The molecule has 0 bridgehead atoms. The first-order chi connectivity index (χ1) is 12.8. The highest BCUT2D eigenvalue weighted by Gasteiger charge is 2.13. The van der Waals surface area contributed by atoms with Crippen LogP contribution in [0, 0.1) is 0 Å². The molecule has 0 saturated heterocycles. The maximum absolute atomic E-state index is 6.06. The Bertz CT molecular complexity index is 835. The second kappa shape index (κ2) is 11.5. The van der Waals surface area contributed by atoms with Crippen LogP contribution in [0.5, 0.6) is 11.6 Å². The standard InChI is InChI=1S/C22H25NOS2.ClH/c1-3-14-25-22(26-15-4-2)18-9-7-10-19(16-18)24-21-13-12-17-8-5-6-11-20(17)23-21;/h5-13,16,22H,3-4,14-15H2,1-2H3;1H. The van der Waals surface area contributed by atoms with Crippen molar-refractivity contribution < 1.29 is 4.74 Å². The van der Waals surface area contributed by atoms with Crippen LogP contribution in [0.2, 0.25) is 0 Å². The van der Waals surface area contributed by atoms with Crippen molar-refractivity contribution in [2.75, 3.05) is 11.5 Å². The molecule has 0 radical (unpaired) electrons. The van der Waals surface area contributed by atoms with Crippen LogP contribution in [0.15, 0.2) is 60.7 Å². The lowest BCUT2D eigenvalue weighted by atomic mass is 10.2. The monoisotopic (exact) mass is 419 g/mol. The van der Waals surface area contributed by atoms with Gasteiger partial charge in [0.15, 0.2) is 0 Å². The van der Waals surface area contributed by atoms with Crippen LogP contribution in [-0.4, -0.2) is 16.5 Å². The van der Waals surface area contributed by atoms with E-state index in [1.165, 1.54) is 29.9 Å². The summed E-state index contributed by atoms with van der Waals surface area (Å²) in [7, 11) is 0. The number of pyridine rings is 1. The van der Waals surface area contributed by atoms with Crippen molar-refractivity contribution in [3.63, 3.8) is 0 Å². The van der Waals surface area contributed by atoms with Crippen LogP contribution >= 0.6 is 35.9 Å². The second-order valence-corrected chi connectivity index (χ2v) is 8.81. The summed E-state index contributed by atoms with van der Waals surface area (Å²) in [4.78, 5) is 4.61. The minimum absolute atomic E-state index is 0. The zero-order valence-corrected chi connectivity index (χ0v) is 18.2. The van der Waals surface area contributed by atoms with Crippen molar-refractivity contribution in [1.82, 2.24) is 4.98 Å². The molecule has 5 heteroatoms. The number of halogens is 1. The molecule has 0 spiro atoms. The number of aromatic nitrogens is 1. The van der Waals surface area contributed by atoms with Gasteiger partial charge in [0.2, 0.25) is 5.88 Å². The van der Waals surface area contributed by atoms with E-state index >= 15 is 0 Å². The maximum atomic E-state index is 6.06. The highest BCUT2D eigenvalue weighted by atomic mass is 35.5. The SMILES string of the molecule is CCCSC(SCCC)c1cccc(Oc2ccc3ccccc3n2)c1.Cl.